The van der Waals surface area contributed by atoms with E-state index in [1.165, 1.54) is 0 Å². The molecule has 12 heavy (non-hydrogen) atoms. The van der Waals surface area contributed by atoms with Gasteiger partial charge in [-0.1, -0.05) is 24.0 Å². The van der Waals surface area contributed by atoms with E-state index in [4.69, 9.17) is 17.4 Å². The van der Waals surface area contributed by atoms with Crippen LogP contribution in [0.4, 0.5) is 5.69 Å². The summed E-state index contributed by atoms with van der Waals surface area (Å²) in [5.74, 6) is 11.3. The molecule has 0 spiro atoms. The molecular weight excluding hydrogens is 172 g/mol. The SMILES string of the molecule is NNc1ccccc1C#CCCl. The Morgan fingerprint density at radius 3 is 2.83 bits per heavy atom. The third-order valence-electron chi connectivity index (χ3n) is 1.37. The Labute approximate surface area is 76.7 Å². The summed E-state index contributed by atoms with van der Waals surface area (Å²) in [5.41, 5.74) is 4.24. The molecule has 0 radical (unpaired) electrons. The number of halogens is 1. The fraction of sp³-hybridized carbons (Fsp3) is 0.111. The average Bonchev–Trinajstić information content (AvgIpc) is 2.15. The van der Waals surface area contributed by atoms with Crippen LogP contribution in [0.5, 0.6) is 0 Å². The molecule has 0 unspecified atom stereocenters. The maximum atomic E-state index is 5.42. The number of hydrogen-bond donors (Lipinski definition) is 2. The molecule has 1 aromatic rings. The second-order valence-electron chi connectivity index (χ2n) is 2.13. The molecular formula is C9H9ClN2. The molecule has 62 valence electrons. The van der Waals surface area contributed by atoms with E-state index in [2.05, 4.69) is 17.3 Å². The first kappa shape index (κ1) is 8.92. The standard InChI is InChI=1S/C9H9ClN2/c10-7-3-5-8-4-1-2-6-9(8)12-11/h1-2,4,6,12H,7,11H2. The molecule has 3 heteroatoms. The molecule has 0 atom stereocenters. The van der Waals surface area contributed by atoms with E-state index in [0.717, 1.165) is 11.3 Å². The van der Waals surface area contributed by atoms with Crippen molar-refractivity contribution in [2.75, 3.05) is 11.3 Å². The number of benzene rings is 1. The highest BCUT2D eigenvalue weighted by atomic mass is 35.5. The van der Waals surface area contributed by atoms with E-state index in [0.29, 0.717) is 5.88 Å². The van der Waals surface area contributed by atoms with E-state index in [1.807, 2.05) is 24.3 Å². The van der Waals surface area contributed by atoms with E-state index in [-0.39, 0.29) is 0 Å². The van der Waals surface area contributed by atoms with Gasteiger partial charge in [0.05, 0.1) is 11.6 Å². The number of nitrogens with one attached hydrogen (secondary N) is 1. The summed E-state index contributed by atoms with van der Waals surface area (Å²) in [6.07, 6.45) is 0. The second kappa shape index (κ2) is 4.66. The van der Waals surface area contributed by atoms with Crippen LogP contribution in [0.25, 0.3) is 0 Å². The number of alkyl halides is 1. The van der Waals surface area contributed by atoms with Crippen LogP contribution in [0, 0.1) is 11.8 Å². The van der Waals surface area contributed by atoms with E-state index in [1.54, 1.807) is 0 Å². The number of para-hydroxylation sites is 1. The highest BCUT2D eigenvalue weighted by Gasteiger charge is 1.93. The number of nitrogens with two attached hydrogens (primary N) is 1. The number of nitrogen functional groups attached to an aromatic ring is 1. The van der Waals surface area contributed by atoms with Crippen LogP contribution in [0.1, 0.15) is 5.56 Å². The molecule has 0 bridgehead atoms. The maximum Gasteiger partial charge on any atom is 0.0839 e. The zero-order chi connectivity index (χ0) is 8.81. The Kier molecular flexibility index (Phi) is 3.46. The van der Waals surface area contributed by atoms with E-state index in [9.17, 15) is 0 Å². The first-order valence-electron chi connectivity index (χ1n) is 3.49. The Morgan fingerprint density at radius 2 is 2.17 bits per heavy atom. The first-order valence-corrected chi connectivity index (χ1v) is 4.02. The average molecular weight is 181 g/mol. The van der Waals surface area contributed by atoms with Crippen molar-refractivity contribution in [3.63, 3.8) is 0 Å². The van der Waals surface area contributed by atoms with Crippen LogP contribution < -0.4 is 11.3 Å². The van der Waals surface area contributed by atoms with Crippen molar-refractivity contribution in [1.82, 2.24) is 0 Å². The number of hydrogen-bond acceptors (Lipinski definition) is 2. The van der Waals surface area contributed by atoms with Crippen LogP contribution in [0.3, 0.4) is 0 Å². The van der Waals surface area contributed by atoms with Crippen molar-refractivity contribution in [1.29, 1.82) is 0 Å². The monoisotopic (exact) mass is 180 g/mol. The van der Waals surface area contributed by atoms with Gasteiger partial charge >= 0.3 is 0 Å². The van der Waals surface area contributed by atoms with Crippen LogP contribution in [0.15, 0.2) is 24.3 Å². The molecule has 1 aromatic carbocycles. The highest BCUT2D eigenvalue weighted by Crippen LogP contribution is 2.11. The molecule has 0 fully saturated rings. The van der Waals surface area contributed by atoms with Gasteiger partial charge in [-0.05, 0) is 12.1 Å². The predicted octanol–water partition coefficient (Wildman–Crippen LogP) is 1.56. The quantitative estimate of drug-likeness (QED) is 0.298. The molecule has 0 aliphatic carbocycles. The summed E-state index contributed by atoms with van der Waals surface area (Å²) in [7, 11) is 0. The topological polar surface area (TPSA) is 38.0 Å². The lowest BCUT2D eigenvalue weighted by Crippen LogP contribution is -2.07. The smallest absolute Gasteiger partial charge is 0.0839 e. The maximum absolute atomic E-state index is 5.42. The third-order valence-corrected chi connectivity index (χ3v) is 1.51. The summed E-state index contributed by atoms with van der Waals surface area (Å²) in [6, 6.07) is 7.53. The minimum Gasteiger partial charge on any atom is -0.323 e. The molecule has 3 N–H and O–H groups in total. The van der Waals surface area contributed by atoms with Crippen molar-refractivity contribution in [2.24, 2.45) is 5.84 Å². The third kappa shape index (κ3) is 2.16. The fourth-order valence-corrected chi connectivity index (χ4v) is 0.913. The van der Waals surface area contributed by atoms with Gasteiger partial charge in [0.2, 0.25) is 0 Å². The van der Waals surface area contributed by atoms with Crippen LogP contribution in [-0.2, 0) is 0 Å². The number of hydrazine groups is 1. The fourth-order valence-electron chi connectivity index (χ4n) is 0.847. The predicted molar refractivity (Wildman–Crippen MR) is 51.9 cm³/mol. The van der Waals surface area contributed by atoms with Gasteiger partial charge in [0, 0.05) is 5.56 Å². The van der Waals surface area contributed by atoms with Gasteiger partial charge in [-0.3, -0.25) is 5.84 Å². The summed E-state index contributed by atoms with van der Waals surface area (Å²) in [4.78, 5) is 0. The summed E-state index contributed by atoms with van der Waals surface area (Å²) in [6.45, 7) is 0. The van der Waals surface area contributed by atoms with Gasteiger partial charge in [-0.25, -0.2) is 0 Å². The summed E-state index contributed by atoms with van der Waals surface area (Å²) in [5, 5.41) is 0. The van der Waals surface area contributed by atoms with Gasteiger partial charge in [-0.2, -0.15) is 0 Å². The van der Waals surface area contributed by atoms with Crippen LogP contribution in [0.2, 0.25) is 0 Å². The Bertz CT molecular complexity index is 312. The molecule has 0 aliphatic heterocycles. The molecule has 0 aromatic heterocycles. The molecule has 2 nitrogen and oxygen atoms in total. The van der Waals surface area contributed by atoms with Crippen molar-refractivity contribution in [3.8, 4) is 11.8 Å². The Morgan fingerprint density at radius 1 is 1.42 bits per heavy atom. The lowest BCUT2D eigenvalue weighted by atomic mass is 10.2. The largest absolute Gasteiger partial charge is 0.323 e. The van der Waals surface area contributed by atoms with Gasteiger partial charge in [0.15, 0.2) is 0 Å². The van der Waals surface area contributed by atoms with Gasteiger partial charge in [0.25, 0.3) is 0 Å². The Balaban J connectivity index is 2.97. The second-order valence-corrected chi connectivity index (χ2v) is 2.39. The summed E-state index contributed by atoms with van der Waals surface area (Å²) < 4.78 is 0. The summed E-state index contributed by atoms with van der Waals surface area (Å²) >= 11 is 5.42. The van der Waals surface area contributed by atoms with Crippen molar-refractivity contribution >= 4 is 17.3 Å². The van der Waals surface area contributed by atoms with Crippen molar-refractivity contribution in [3.05, 3.63) is 29.8 Å². The highest BCUT2D eigenvalue weighted by molar-refractivity contribution is 6.19. The lowest BCUT2D eigenvalue weighted by molar-refractivity contribution is 1.34. The van der Waals surface area contributed by atoms with Gasteiger partial charge in [-0.15, -0.1) is 11.6 Å². The van der Waals surface area contributed by atoms with Crippen LogP contribution in [-0.4, -0.2) is 5.88 Å². The van der Waals surface area contributed by atoms with E-state index >= 15 is 0 Å². The zero-order valence-corrected chi connectivity index (χ0v) is 7.23. The number of rotatable bonds is 1. The van der Waals surface area contributed by atoms with Crippen molar-refractivity contribution in [2.45, 2.75) is 0 Å². The molecule has 0 aliphatic rings. The van der Waals surface area contributed by atoms with Gasteiger partial charge in [0.1, 0.15) is 0 Å². The molecule has 0 saturated carbocycles. The lowest BCUT2D eigenvalue weighted by Gasteiger charge is -2.00. The van der Waals surface area contributed by atoms with Crippen LogP contribution >= 0.6 is 11.6 Å². The molecule has 0 heterocycles. The first-order chi connectivity index (χ1) is 5.88. The Hall–Kier alpha value is -1.17. The minimum atomic E-state index is 0.332. The van der Waals surface area contributed by atoms with E-state index < -0.39 is 0 Å². The normalized spacial score (nSPS) is 8.50. The zero-order valence-electron chi connectivity index (χ0n) is 6.47. The number of anilines is 1. The molecule has 0 saturated heterocycles. The molecule has 0 amide bonds. The molecule has 1 rings (SSSR count). The van der Waals surface area contributed by atoms with Crippen molar-refractivity contribution < 1.29 is 0 Å². The van der Waals surface area contributed by atoms with Gasteiger partial charge < -0.3 is 5.43 Å². The minimum absolute atomic E-state index is 0.332.